The number of hydrogen-bond donors (Lipinski definition) is 0. The van der Waals surface area contributed by atoms with E-state index in [1.165, 1.54) is 0 Å². The smallest absolute Gasteiger partial charge is 0.166 e. The summed E-state index contributed by atoms with van der Waals surface area (Å²) in [6.45, 7) is 8.15. The Hall–Kier alpha value is -8.67. The highest BCUT2D eigenvalue weighted by Gasteiger charge is 2.59. The predicted molar refractivity (Wildman–Crippen MR) is 288 cm³/mol. The van der Waals surface area contributed by atoms with Crippen LogP contribution in [0.3, 0.4) is 0 Å². The van der Waals surface area contributed by atoms with Crippen LogP contribution in [0.25, 0.3) is 111 Å². The fourth-order valence-corrected chi connectivity index (χ4v) is 11.4. The van der Waals surface area contributed by atoms with Gasteiger partial charge in [-0.3, -0.25) is 0 Å². The first-order chi connectivity index (χ1) is 34.2. The van der Waals surface area contributed by atoms with Gasteiger partial charge < -0.3 is 0 Å². The van der Waals surface area contributed by atoms with Gasteiger partial charge in [-0.25, -0.2) is 24.3 Å². The Morgan fingerprint density at radius 1 is 0.457 bits per heavy atom. The highest BCUT2D eigenvalue weighted by atomic mass is 19.1. The van der Waals surface area contributed by atoms with E-state index in [4.69, 9.17) is 19.9 Å². The number of alkyl halides is 1. The Bertz CT molecular complexity index is 3860. The molecule has 0 saturated heterocycles. The van der Waals surface area contributed by atoms with E-state index in [1.807, 2.05) is 26.0 Å². The van der Waals surface area contributed by atoms with Gasteiger partial charge >= 0.3 is 0 Å². The van der Waals surface area contributed by atoms with Crippen LogP contribution >= 0.6 is 0 Å². The molecule has 2 atom stereocenters. The molecule has 0 bridgehead atoms. The van der Waals surface area contributed by atoms with Crippen molar-refractivity contribution in [3.05, 3.63) is 241 Å². The molecule has 70 heavy (non-hydrogen) atoms. The molecule has 2 unspecified atom stereocenters. The molecular weight excluding hydrogens is 856 g/mol. The van der Waals surface area contributed by atoms with E-state index < -0.39 is 11.1 Å². The first-order valence-corrected chi connectivity index (χ1v) is 23.9. The number of halogens is 1. The summed E-state index contributed by atoms with van der Waals surface area (Å²) in [5, 5.41) is 8.96. The second-order valence-corrected chi connectivity index (χ2v) is 19.0. The molecule has 332 valence electrons. The molecule has 2 aliphatic rings. The maximum absolute atomic E-state index is 18.5. The van der Waals surface area contributed by atoms with Gasteiger partial charge in [0.2, 0.25) is 0 Å². The zero-order valence-corrected chi connectivity index (χ0v) is 38.8. The molecule has 9 aromatic carbocycles. The lowest BCUT2D eigenvalue weighted by molar-refractivity contribution is 0.0945. The first kappa shape index (κ1) is 41.5. The third-order valence-corrected chi connectivity index (χ3v) is 14.9. The van der Waals surface area contributed by atoms with Crippen molar-refractivity contribution < 1.29 is 4.39 Å². The molecule has 0 N–H and O–H groups in total. The third-order valence-electron chi connectivity index (χ3n) is 14.9. The molecule has 2 aromatic heterocycles. The number of aromatic nitrogens is 4. The van der Waals surface area contributed by atoms with Crippen molar-refractivity contribution in [1.82, 2.24) is 19.9 Å². The third kappa shape index (κ3) is 6.42. The number of allylic oxidation sites excluding steroid dienone is 5. The average Bonchev–Trinajstić information content (AvgIpc) is 3.62. The summed E-state index contributed by atoms with van der Waals surface area (Å²) in [4.78, 5) is 21.5. The number of benzene rings is 9. The van der Waals surface area contributed by atoms with E-state index in [1.54, 1.807) is 0 Å². The molecule has 11 aromatic rings. The minimum absolute atomic E-state index is 0.408. The quantitative estimate of drug-likeness (QED) is 0.150. The first-order valence-electron chi connectivity index (χ1n) is 23.9. The van der Waals surface area contributed by atoms with E-state index in [0.717, 1.165) is 110 Å². The Morgan fingerprint density at radius 2 is 0.843 bits per heavy atom. The second kappa shape index (κ2) is 16.0. The van der Waals surface area contributed by atoms with Crippen LogP contribution in [0.5, 0.6) is 0 Å². The average molecular weight is 901 g/mol. The second-order valence-electron chi connectivity index (χ2n) is 19.0. The van der Waals surface area contributed by atoms with Crippen molar-refractivity contribution >= 4 is 54.2 Å². The number of hydrogen-bond acceptors (Lipinski definition) is 4. The molecule has 0 spiro atoms. The zero-order valence-electron chi connectivity index (χ0n) is 38.8. The van der Waals surface area contributed by atoms with Crippen LogP contribution in [0.2, 0.25) is 0 Å². The van der Waals surface area contributed by atoms with E-state index in [9.17, 15) is 0 Å². The van der Waals surface area contributed by atoms with E-state index >= 15 is 4.39 Å². The van der Waals surface area contributed by atoms with Crippen molar-refractivity contribution in [1.29, 1.82) is 0 Å². The molecule has 0 amide bonds. The van der Waals surface area contributed by atoms with Crippen molar-refractivity contribution in [3.63, 3.8) is 0 Å². The minimum Gasteiger partial charge on any atom is -0.233 e. The van der Waals surface area contributed by atoms with Gasteiger partial charge in [0.15, 0.2) is 17.3 Å². The van der Waals surface area contributed by atoms with Crippen LogP contribution in [0.15, 0.2) is 224 Å². The lowest BCUT2D eigenvalue weighted by atomic mass is 9.66. The summed E-state index contributed by atoms with van der Waals surface area (Å²) < 4.78 is 18.5. The maximum Gasteiger partial charge on any atom is 0.166 e. The summed E-state index contributed by atoms with van der Waals surface area (Å²) in [7, 11) is 0. The molecule has 0 fully saturated rings. The molecule has 0 radical (unpaired) electrons. The molecule has 2 aliphatic carbocycles. The molecule has 13 rings (SSSR count). The monoisotopic (exact) mass is 900 g/mol. The molecule has 2 heterocycles. The highest BCUT2D eigenvalue weighted by Crippen LogP contribution is 2.66. The summed E-state index contributed by atoms with van der Waals surface area (Å²) in [6, 6.07) is 69.2. The predicted octanol–water partition coefficient (Wildman–Crippen LogP) is 16.8. The van der Waals surface area contributed by atoms with Crippen LogP contribution in [0.4, 0.5) is 4.39 Å². The van der Waals surface area contributed by atoms with Crippen LogP contribution in [-0.2, 0) is 5.67 Å². The molecule has 0 aliphatic heterocycles. The lowest BCUT2D eigenvalue weighted by Gasteiger charge is -2.40. The van der Waals surface area contributed by atoms with Crippen molar-refractivity contribution in [2.45, 2.75) is 25.9 Å². The largest absolute Gasteiger partial charge is 0.233 e. The summed E-state index contributed by atoms with van der Waals surface area (Å²) >= 11 is 0. The fourth-order valence-electron chi connectivity index (χ4n) is 11.4. The van der Waals surface area contributed by atoms with E-state index in [0.29, 0.717) is 29.2 Å². The Labute approximate surface area is 405 Å². The van der Waals surface area contributed by atoms with E-state index in [-0.39, 0.29) is 0 Å². The number of fused-ring (bicyclic) bond motifs is 7. The zero-order chi connectivity index (χ0) is 47.1. The van der Waals surface area contributed by atoms with Gasteiger partial charge in [-0.1, -0.05) is 202 Å². The van der Waals surface area contributed by atoms with Gasteiger partial charge in [0.05, 0.1) is 22.8 Å². The van der Waals surface area contributed by atoms with Gasteiger partial charge in [0.1, 0.15) is 0 Å². The fraction of sp³-hybridized carbons (Fsp3) is 0.0769. The van der Waals surface area contributed by atoms with Crippen LogP contribution in [-0.4, -0.2) is 19.9 Å². The maximum atomic E-state index is 18.5. The Morgan fingerprint density at radius 3 is 1.26 bits per heavy atom. The number of rotatable bonds is 7. The van der Waals surface area contributed by atoms with Gasteiger partial charge in [0, 0.05) is 44.4 Å². The van der Waals surface area contributed by atoms with E-state index in [2.05, 4.69) is 207 Å². The molecule has 4 nitrogen and oxygen atoms in total. The summed E-state index contributed by atoms with van der Waals surface area (Å²) in [5.74, 6) is 1.14. The van der Waals surface area contributed by atoms with Gasteiger partial charge in [-0.05, 0) is 97.4 Å². The van der Waals surface area contributed by atoms with Gasteiger partial charge in [-0.2, -0.15) is 0 Å². The Balaban J connectivity index is 1.01. The highest BCUT2D eigenvalue weighted by molar-refractivity contribution is 6.02. The summed E-state index contributed by atoms with van der Waals surface area (Å²) in [5.41, 5.74) is 8.87. The molecule has 5 heteroatoms. The molecule has 0 saturated carbocycles. The van der Waals surface area contributed by atoms with Crippen molar-refractivity contribution in [3.8, 4) is 56.4 Å². The minimum atomic E-state index is -1.85. The van der Waals surface area contributed by atoms with Crippen molar-refractivity contribution in [2.24, 2.45) is 5.41 Å². The number of nitrogens with zero attached hydrogens (tertiary/aromatic N) is 4. The summed E-state index contributed by atoms with van der Waals surface area (Å²) in [6.07, 6.45) is 4.65. The molecular formula is C65H45FN4. The van der Waals surface area contributed by atoms with Crippen molar-refractivity contribution in [2.75, 3.05) is 0 Å². The topological polar surface area (TPSA) is 51.6 Å². The van der Waals surface area contributed by atoms with Gasteiger partial charge in [-0.15, -0.1) is 0 Å². The van der Waals surface area contributed by atoms with Gasteiger partial charge in [0.25, 0.3) is 0 Å². The Kier molecular flexibility index (Phi) is 9.47. The standard InChI is InChI=1S/C65H45FN4/c1-40(2)65(66)56-33-32-45(62-67-58(51-28-12-20-41-16-4-8-24-47(41)51)38-59(68-62)52-29-13-21-42-17-5-9-25-48(42)52)36-55(56)57-37-46(34-35-64(57,65)3)63-69-60(53-30-14-22-43-18-6-10-26-49(43)53)39-61(70-63)54-31-15-23-44-19-7-11-27-50(44)54/h4-34,36-39H,1,35H2,2-3H3. The lowest BCUT2D eigenvalue weighted by Crippen LogP contribution is -2.37. The van der Waals surface area contributed by atoms with Crippen LogP contribution in [0.1, 0.15) is 37.2 Å². The van der Waals surface area contributed by atoms with Crippen LogP contribution in [0, 0.1) is 5.41 Å². The van der Waals surface area contributed by atoms with Crippen LogP contribution < -0.4 is 0 Å². The SMILES string of the molecule is C=C(C)C1(F)c2ccc(-c3nc(-c4cccc5ccccc45)cc(-c4cccc5ccccc45)n3)cc2C2=CC(c3nc(-c4cccc5ccccc45)cc(-c4cccc5ccccc45)n3)=CCC21C. The normalized spacial score (nSPS) is 17.4.